The van der Waals surface area contributed by atoms with Crippen molar-refractivity contribution in [2.45, 2.75) is 24.8 Å². The average Bonchev–Trinajstić information content (AvgIpc) is 2.77. The molecule has 2 aromatic carbocycles. The number of hydrogen-bond acceptors (Lipinski definition) is 4. The molecule has 7 heteroatoms. The molecule has 1 N–H and O–H groups in total. The van der Waals surface area contributed by atoms with Crippen LogP contribution in [0.3, 0.4) is 0 Å². The lowest BCUT2D eigenvalue weighted by Crippen LogP contribution is -2.70. The van der Waals surface area contributed by atoms with Crippen molar-refractivity contribution in [2.24, 2.45) is 0 Å². The fraction of sp³-hybridized carbons (Fsp3) is 0.348. The van der Waals surface area contributed by atoms with Gasteiger partial charge in [-0.2, -0.15) is 11.8 Å². The van der Waals surface area contributed by atoms with E-state index in [0.717, 1.165) is 11.3 Å². The number of rotatable bonds is 5. The SMILES string of the molecule is Cc1ccc(C(=O)N2CCN3C(=O)[C@H](CSCc4ccccc4)NC(=O)[C@H]3C2)cc1. The maximum atomic E-state index is 12.9. The summed E-state index contributed by atoms with van der Waals surface area (Å²) in [7, 11) is 0. The van der Waals surface area contributed by atoms with Crippen LogP contribution in [0, 0.1) is 6.92 Å². The Balaban J connectivity index is 1.35. The van der Waals surface area contributed by atoms with Gasteiger partial charge >= 0.3 is 0 Å². The number of amides is 3. The number of nitrogens with one attached hydrogen (secondary N) is 1. The summed E-state index contributed by atoms with van der Waals surface area (Å²) in [5.41, 5.74) is 2.88. The Hall–Kier alpha value is -2.80. The predicted octanol–water partition coefficient (Wildman–Crippen LogP) is 2.08. The molecular formula is C23H25N3O3S. The number of aryl methyl sites for hydroxylation is 1. The highest BCUT2D eigenvalue weighted by atomic mass is 32.2. The van der Waals surface area contributed by atoms with Gasteiger partial charge in [0.1, 0.15) is 12.1 Å². The van der Waals surface area contributed by atoms with Crippen LogP contribution in [0.4, 0.5) is 0 Å². The van der Waals surface area contributed by atoms with Crippen molar-refractivity contribution < 1.29 is 14.4 Å². The van der Waals surface area contributed by atoms with Crippen molar-refractivity contribution in [1.82, 2.24) is 15.1 Å². The van der Waals surface area contributed by atoms with Gasteiger partial charge < -0.3 is 15.1 Å². The Labute approximate surface area is 180 Å². The minimum absolute atomic E-state index is 0.0532. The zero-order chi connectivity index (χ0) is 21.1. The maximum Gasteiger partial charge on any atom is 0.253 e. The van der Waals surface area contributed by atoms with E-state index >= 15 is 0 Å². The van der Waals surface area contributed by atoms with Gasteiger partial charge in [-0.05, 0) is 24.6 Å². The van der Waals surface area contributed by atoms with Crippen molar-refractivity contribution in [3.63, 3.8) is 0 Å². The molecule has 0 aromatic heterocycles. The van der Waals surface area contributed by atoms with Crippen LogP contribution in [0.5, 0.6) is 0 Å². The van der Waals surface area contributed by atoms with Crippen LogP contribution in [0.25, 0.3) is 0 Å². The highest BCUT2D eigenvalue weighted by molar-refractivity contribution is 7.98. The highest BCUT2D eigenvalue weighted by Crippen LogP contribution is 2.21. The van der Waals surface area contributed by atoms with Crippen LogP contribution >= 0.6 is 11.8 Å². The molecule has 0 spiro atoms. The number of carbonyl (C=O) groups is 3. The third kappa shape index (κ3) is 4.36. The summed E-state index contributed by atoms with van der Waals surface area (Å²) in [5, 5.41) is 2.87. The lowest BCUT2D eigenvalue weighted by Gasteiger charge is -2.45. The average molecular weight is 424 g/mol. The Kier molecular flexibility index (Phi) is 6.08. The highest BCUT2D eigenvalue weighted by Gasteiger charge is 2.44. The minimum Gasteiger partial charge on any atom is -0.342 e. The second-order valence-electron chi connectivity index (χ2n) is 7.73. The van der Waals surface area contributed by atoms with Gasteiger partial charge in [-0.15, -0.1) is 0 Å². The first-order chi connectivity index (χ1) is 14.5. The van der Waals surface area contributed by atoms with E-state index in [9.17, 15) is 14.4 Å². The van der Waals surface area contributed by atoms with Gasteiger partial charge in [-0.25, -0.2) is 0 Å². The second kappa shape index (κ2) is 8.92. The summed E-state index contributed by atoms with van der Waals surface area (Å²) in [6, 6.07) is 16.3. The van der Waals surface area contributed by atoms with E-state index in [1.807, 2.05) is 37.3 Å². The van der Waals surface area contributed by atoms with Crippen molar-refractivity contribution in [3.05, 3.63) is 71.3 Å². The van der Waals surface area contributed by atoms with Crippen molar-refractivity contribution in [2.75, 3.05) is 25.4 Å². The molecule has 2 fully saturated rings. The molecule has 30 heavy (non-hydrogen) atoms. The molecule has 2 aliphatic rings. The van der Waals surface area contributed by atoms with Gasteiger partial charge in [-0.1, -0.05) is 48.0 Å². The fourth-order valence-electron chi connectivity index (χ4n) is 3.85. The number of carbonyl (C=O) groups excluding carboxylic acids is 3. The van der Waals surface area contributed by atoms with Crippen LogP contribution < -0.4 is 5.32 Å². The van der Waals surface area contributed by atoms with E-state index in [0.29, 0.717) is 24.4 Å². The van der Waals surface area contributed by atoms with Crippen LogP contribution in [0.15, 0.2) is 54.6 Å². The molecule has 156 valence electrons. The molecule has 2 atom stereocenters. The lowest BCUT2D eigenvalue weighted by molar-refractivity contribution is -0.151. The first-order valence-electron chi connectivity index (χ1n) is 10.1. The number of nitrogens with zero attached hydrogens (tertiary/aromatic N) is 2. The number of thioether (sulfide) groups is 1. The lowest BCUT2D eigenvalue weighted by atomic mass is 10.0. The van der Waals surface area contributed by atoms with Gasteiger partial charge in [0.05, 0.1) is 6.54 Å². The van der Waals surface area contributed by atoms with E-state index in [-0.39, 0.29) is 24.3 Å². The first-order valence-corrected chi connectivity index (χ1v) is 11.3. The summed E-state index contributed by atoms with van der Waals surface area (Å²) in [4.78, 5) is 41.8. The molecule has 2 aliphatic heterocycles. The molecule has 3 amide bonds. The third-order valence-electron chi connectivity index (χ3n) is 5.56. The van der Waals surface area contributed by atoms with Crippen LogP contribution in [0.1, 0.15) is 21.5 Å². The Morgan fingerprint density at radius 2 is 1.80 bits per heavy atom. The molecule has 2 aromatic rings. The normalized spacial score (nSPS) is 21.2. The number of piperazine rings is 2. The number of fused-ring (bicyclic) bond motifs is 1. The Morgan fingerprint density at radius 3 is 2.53 bits per heavy atom. The van der Waals surface area contributed by atoms with Crippen LogP contribution in [-0.2, 0) is 15.3 Å². The van der Waals surface area contributed by atoms with Gasteiger partial charge in [0.2, 0.25) is 11.8 Å². The van der Waals surface area contributed by atoms with Crippen LogP contribution in [-0.4, -0.2) is 65.0 Å². The largest absolute Gasteiger partial charge is 0.342 e. The molecule has 6 nitrogen and oxygen atoms in total. The number of benzene rings is 2. The van der Waals surface area contributed by atoms with E-state index < -0.39 is 12.1 Å². The van der Waals surface area contributed by atoms with E-state index in [1.54, 1.807) is 33.7 Å². The van der Waals surface area contributed by atoms with E-state index in [4.69, 9.17) is 0 Å². The van der Waals surface area contributed by atoms with Crippen molar-refractivity contribution in [1.29, 1.82) is 0 Å². The van der Waals surface area contributed by atoms with E-state index in [2.05, 4.69) is 17.4 Å². The molecule has 2 heterocycles. The molecule has 0 radical (unpaired) electrons. The molecule has 4 rings (SSSR count). The van der Waals surface area contributed by atoms with Gasteiger partial charge in [0.25, 0.3) is 5.91 Å². The molecule has 0 bridgehead atoms. The monoisotopic (exact) mass is 423 g/mol. The van der Waals surface area contributed by atoms with E-state index in [1.165, 1.54) is 5.56 Å². The van der Waals surface area contributed by atoms with Crippen LogP contribution in [0.2, 0.25) is 0 Å². The summed E-state index contributed by atoms with van der Waals surface area (Å²) < 4.78 is 0. The van der Waals surface area contributed by atoms with Crippen molar-refractivity contribution in [3.8, 4) is 0 Å². The predicted molar refractivity (Wildman–Crippen MR) is 117 cm³/mol. The zero-order valence-corrected chi connectivity index (χ0v) is 17.7. The Morgan fingerprint density at radius 1 is 1.07 bits per heavy atom. The standard InChI is InChI=1S/C23H25N3O3S/c1-16-7-9-18(10-8-16)22(28)25-11-12-26-20(13-25)21(27)24-19(23(26)29)15-30-14-17-5-3-2-4-6-17/h2-10,19-20H,11-15H2,1H3,(H,24,27)/t19-,20+/m0/s1. The van der Waals surface area contributed by atoms with Gasteiger partial charge in [-0.3, -0.25) is 14.4 Å². The molecule has 0 unspecified atom stereocenters. The quantitative estimate of drug-likeness (QED) is 0.800. The van der Waals surface area contributed by atoms with Gasteiger partial charge in [0, 0.05) is 30.2 Å². The number of hydrogen-bond donors (Lipinski definition) is 1. The summed E-state index contributed by atoms with van der Waals surface area (Å²) in [6.07, 6.45) is 0. The first kappa shape index (κ1) is 20.5. The molecule has 0 aliphatic carbocycles. The maximum absolute atomic E-state index is 12.9. The van der Waals surface area contributed by atoms with Crippen molar-refractivity contribution >= 4 is 29.5 Å². The summed E-state index contributed by atoms with van der Waals surface area (Å²) in [6.45, 7) is 3.02. The second-order valence-corrected chi connectivity index (χ2v) is 8.76. The molecule has 2 saturated heterocycles. The topological polar surface area (TPSA) is 69.7 Å². The third-order valence-corrected chi connectivity index (χ3v) is 6.67. The molecular weight excluding hydrogens is 398 g/mol. The Bertz CT molecular complexity index is 932. The summed E-state index contributed by atoms with van der Waals surface area (Å²) in [5.74, 6) is 0.997. The zero-order valence-electron chi connectivity index (χ0n) is 16.9. The molecule has 0 saturated carbocycles. The smallest absolute Gasteiger partial charge is 0.253 e. The van der Waals surface area contributed by atoms with Gasteiger partial charge in [0.15, 0.2) is 0 Å². The summed E-state index contributed by atoms with van der Waals surface area (Å²) >= 11 is 1.64. The minimum atomic E-state index is -0.615. The fourth-order valence-corrected chi connectivity index (χ4v) is 4.85.